The third-order valence-electron chi connectivity index (χ3n) is 4.74. The second-order valence-corrected chi connectivity index (χ2v) is 6.36. The van der Waals surface area contributed by atoms with Crippen molar-refractivity contribution >= 4 is 11.7 Å². The lowest BCUT2D eigenvalue weighted by molar-refractivity contribution is 0.0460. The Morgan fingerprint density at radius 3 is 2.69 bits per heavy atom. The van der Waals surface area contributed by atoms with Crippen molar-refractivity contribution in [3.63, 3.8) is 0 Å². The van der Waals surface area contributed by atoms with Crippen LogP contribution in [0.5, 0.6) is 0 Å². The number of aromatic nitrogens is 2. The molecule has 8 heteroatoms. The first-order valence-corrected chi connectivity index (χ1v) is 8.15. The third-order valence-corrected chi connectivity index (χ3v) is 4.74. The summed E-state index contributed by atoms with van der Waals surface area (Å²) in [6, 6.07) is 11.5. The summed E-state index contributed by atoms with van der Waals surface area (Å²) in [5, 5.41) is 31.3. The quantitative estimate of drug-likeness (QED) is 0.741. The van der Waals surface area contributed by atoms with E-state index in [4.69, 9.17) is 0 Å². The van der Waals surface area contributed by atoms with Gasteiger partial charge in [-0.1, -0.05) is 18.2 Å². The highest BCUT2D eigenvalue weighted by Crippen LogP contribution is 2.43. The summed E-state index contributed by atoms with van der Waals surface area (Å²) in [7, 11) is 0. The maximum absolute atomic E-state index is 12.3. The fourth-order valence-electron chi connectivity index (χ4n) is 3.20. The summed E-state index contributed by atoms with van der Waals surface area (Å²) in [5.41, 5.74) is -1.43. The Balaban J connectivity index is 1.78. The first-order valence-electron chi connectivity index (χ1n) is 8.15. The number of nitriles is 1. The van der Waals surface area contributed by atoms with Crippen molar-refractivity contribution in [2.24, 2.45) is 5.41 Å². The van der Waals surface area contributed by atoms with E-state index in [0.717, 1.165) is 0 Å². The first kappa shape index (κ1) is 17.8. The van der Waals surface area contributed by atoms with Crippen LogP contribution < -0.4 is 11.0 Å². The molecular weight excluding hydrogens is 336 g/mol. The normalized spacial score (nSPS) is 24.8. The van der Waals surface area contributed by atoms with Gasteiger partial charge < -0.3 is 15.5 Å². The summed E-state index contributed by atoms with van der Waals surface area (Å²) in [5.74, 6) is -0.261. The number of carbonyl (C=O) groups excluding carboxylic acids is 1. The molecule has 1 heterocycles. The highest BCUT2D eigenvalue weighted by atomic mass is 16.3. The molecular formula is C18H18N4O4. The summed E-state index contributed by atoms with van der Waals surface area (Å²) < 4.78 is 1.32. The van der Waals surface area contributed by atoms with Crippen LogP contribution >= 0.6 is 0 Å². The molecule has 1 aromatic carbocycles. The van der Waals surface area contributed by atoms with Crippen LogP contribution in [0.1, 0.15) is 29.2 Å². The van der Waals surface area contributed by atoms with Gasteiger partial charge in [-0.2, -0.15) is 10.2 Å². The minimum absolute atomic E-state index is 0.118. The molecule has 2 aromatic rings. The lowest BCUT2D eigenvalue weighted by Crippen LogP contribution is -2.32. The van der Waals surface area contributed by atoms with Crippen LogP contribution in [0.15, 0.2) is 47.4 Å². The molecule has 1 aliphatic carbocycles. The molecule has 1 aromatic heterocycles. The minimum Gasteiger partial charge on any atom is -0.395 e. The monoisotopic (exact) mass is 354 g/mol. The number of aliphatic hydroxyl groups excluding tert-OH is 2. The van der Waals surface area contributed by atoms with E-state index in [0.29, 0.717) is 5.56 Å². The van der Waals surface area contributed by atoms with E-state index in [9.17, 15) is 25.1 Å². The number of benzene rings is 1. The highest BCUT2D eigenvalue weighted by Gasteiger charge is 2.47. The Labute approximate surface area is 149 Å². The molecule has 3 atom stereocenters. The predicted octanol–water partition coefficient (Wildman–Crippen LogP) is 0.694. The molecule has 1 aliphatic rings. The zero-order chi connectivity index (χ0) is 18.7. The van der Waals surface area contributed by atoms with Crippen LogP contribution in [-0.4, -0.2) is 38.4 Å². The van der Waals surface area contributed by atoms with E-state index >= 15 is 0 Å². The van der Waals surface area contributed by atoms with Crippen molar-refractivity contribution in [2.45, 2.75) is 25.0 Å². The Morgan fingerprint density at radius 1 is 1.38 bits per heavy atom. The van der Waals surface area contributed by atoms with E-state index in [1.807, 2.05) is 6.07 Å². The molecule has 0 unspecified atom stereocenters. The molecule has 0 saturated heterocycles. The van der Waals surface area contributed by atoms with Crippen LogP contribution in [-0.2, 0) is 0 Å². The second-order valence-electron chi connectivity index (χ2n) is 6.36. The second kappa shape index (κ2) is 7.07. The van der Waals surface area contributed by atoms with E-state index < -0.39 is 29.9 Å². The number of nitrogens with zero attached hydrogens (tertiary/aromatic N) is 3. The van der Waals surface area contributed by atoms with Gasteiger partial charge in [0.1, 0.15) is 11.2 Å². The number of aliphatic hydroxyl groups is 2. The summed E-state index contributed by atoms with van der Waals surface area (Å²) in [6.07, 6.45) is 0.772. The van der Waals surface area contributed by atoms with Crippen LogP contribution in [0.3, 0.4) is 0 Å². The lowest BCUT2D eigenvalue weighted by Gasteiger charge is -2.21. The number of nitrogens with one attached hydrogen (secondary N) is 1. The molecule has 8 nitrogen and oxygen atoms in total. The summed E-state index contributed by atoms with van der Waals surface area (Å²) in [6.45, 7) is -0.478. The number of carbonyl (C=O) groups is 1. The number of hydrogen-bond acceptors (Lipinski definition) is 6. The van der Waals surface area contributed by atoms with Crippen molar-refractivity contribution in [2.75, 3.05) is 11.9 Å². The van der Waals surface area contributed by atoms with Crippen molar-refractivity contribution in [3.8, 4) is 6.07 Å². The van der Waals surface area contributed by atoms with Gasteiger partial charge >= 0.3 is 5.69 Å². The zero-order valence-electron chi connectivity index (χ0n) is 13.9. The zero-order valence-corrected chi connectivity index (χ0v) is 13.9. The Bertz CT molecular complexity index is 905. The van der Waals surface area contributed by atoms with Crippen LogP contribution in [0.25, 0.3) is 0 Å². The van der Waals surface area contributed by atoms with E-state index in [1.165, 1.54) is 16.8 Å². The molecule has 0 aliphatic heterocycles. The summed E-state index contributed by atoms with van der Waals surface area (Å²) >= 11 is 0. The molecule has 0 spiro atoms. The number of anilines is 1. The van der Waals surface area contributed by atoms with E-state index in [1.54, 1.807) is 30.3 Å². The fourth-order valence-corrected chi connectivity index (χ4v) is 3.20. The molecule has 3 rings (SSSR count). The molecule has 1 fully saturated rings. The van der Waals surface area contributed by atoms with Gasteiger partial charge in [0.25, 0.3) is 5.91 Å². The number of amides is 1. The first-order chi connectivity index (χ1) is 12.5. The average Bonchev–Trinajstić information content (AvgIpc) is 2.99. The molecule has 0 bridgehead atoms. The van der Waals surface area contributed by atoms with E-state index in [-0.39, 0.29) is 24.6 Å². The predicted molar refractivity (Wildman–Crippen MR) is 92.3 cm³/mol. The van der Waals surface area contributed by atoms with Crippen LogP contribution in [0.2, 0.25) is 0 Å². The molecule has 3 N–H and O–H groups in total. The molecule has 134 valence electrons. The van der Waals surface area contributed by atoms with Gasteiger partial charge in [-0.15, -0.1) is 0 Å². The SMILES string of the molecule is N#C[C@]1(CO)C[C@@H](n2ccc(NC(=O)c3ccccc3)nc2=O)C[C@@H]1O. The fraction of sp³-hybridized carbons (Fsp3) is 0.333. The topological polar surface area (TPSA) is 128 Å². The average molecular weight is 354 g/mol. The summed E-state index contributed by atoms with van der Waals surface area (Å²) in [4.78, 5) is 28.3. The number of hydrogen-bond donors (Lipinski definition) is 3. The Kier molecular flexibility index (Phi) is 4.84. The van der Waals surface area contributed by atoms with Crippen molar-refractivity contribution in [3.05, 3.63) is 58.6 Å². The largest absolute Gasteiger partial charge is 0.395 e. The van der Waals surface area contributed by atoms with Gasteiger partial charge in [0.2, 0.25) is 0 Å². The number of rotatable bonds is 4. The molecule has 26 heavy (non-hydrogen) atoms. The van der Waals surface area contributed by atoms with Gasteiger partial charge in [0.05, 0.1) is 18.8 Å². The third kappa shape index (κ3) is 3.22. The highest BCUT2D eigenvalue weighted by molar-refractivity contribution is 6.03. The standard InChI is InChI=1S/C18H18N4O4/c19-10-18(11-23)9-13(8-14(18)24)22-7-6-15(21-17(22)26)20-16(25)12-4-2-1-3-5-12/h1-7,13-14,23-24H,8-9,11H2,(H,20,21,25,26)/t13-,14-,18-/m0/s1. The minimum atomic E-state index is -1.27. The van der Waals surface area contributed by atoms with Crippen molar-refractivity contribution in [1.82, 2.24) is 9.55 Å². The van der Waals surface area contributed by atoms with Gasteiger partial charge in [-0.05, 0) is 31.0 Å². The molecule has 1 saturated carbocycles. The smallest absolute Gasteiger partial charge is 0.349 e. The van der Waals surface area contributed by atoms with E-state index in [2.05, 4.69) is 10.3 Å². The Morgan fingerprint density at radius 2 is 2.12 bits per heavy atom. The lowest BCUT2D eigenvalue weighted by atomic mass is 9.87. The Hall–Kier alpha value is -3.02. The maximum Gasteiger partial charge on any atom is 0.349 e. The van der Waals surface area contributed by atoms with Crippen LogP contribution in [0, 0.1) is 16.7 Å². The van der Waals surface area contributed by atoms with Crippen molar-refractivity contribution in [1.29, 1.82) is 5.26 Å². The molecule has 0 radical (unpaired) electrons. The van der Waals surface area contributed by atoms with Gasteiger partial charge in [0.15, 0.2) is 0 Å². The maximum atomic E-state index is 12.3. The van der Waals surface area contributed by atoms with Gasteiger partial charge in [-0.3, -0.25) is 9.36 Å². The van der Waals surface area contributed by atoms with Crippen molar-refractivity contribution < 1.29 is 15.0 Å². The molecule has 1 amide bonds. The van der Waals surface area contributed by atoms with Crippen LogP contribution in [0.4, 0.5) is 5.82 Å². The van der Waals surface area contributed by atoms with Gasteiger partial charge in [-0.25, -0.2) is 4.79 Å². The van der Waals surface area contributed by atoms with Gasteiger partial charge in [0, 0.05) is 17.8 Å².